The van der Waals surface area contributed by atoms with Crippen LogP contribution < -0.4 is 16.0 Å². The summed E-state index contributed by atoms with van der Waals surface area (Å²) in [5.74, 6) is -0.217. The van der Waals surface area contributed by atoms with E-state index in [2.05, 4.69) is 16.0 Å². The number of carbonyl (C=O) groups excluding carboxylic acids is 2. The van der Waals surface area contributed by atoms with E-state index in [-0.39, 0.29) is 23.9 Å². The first-order chi connectivity index (χ1) is 12.9. The van der Waals surface area contributed by atoms with Gasteiger partial charge in [-0.3, -0.25) is 19.7 Å². The highest BCUT2D eigenvalue weighted by Crippen LogP contribution is 2.14. The molecule has 28 heavy (non-hydrogen) atoms. The van der Waals surface area contributed by atoms with Gasteiger partial charge in [0.15, 0.2) is 0 Å². The largest absolute Gasteiger partial charge is 0.350 e. The Balaban J connectivity index is 2.99. The van der Waals surface area contributed by atoms with Gasteiger partial charge >= 0.3 is 0 Å². The van der Waals surface area contributed by atoms with Crippen LogP contribution in [0, 0.1) is 16.0 Å². The lowest BCUT2D eigenvalue weighted by Crippen LogP contribution is -2.56. The topological polar surface area (TPSA) is 113 Å². The molecule has 0 saturated carbocycles. The summed E-state index contributed by atoms with van der Waals surface area (Å²) in [5, 5.41) is 19.5. The Kier molecular flexibility index (Phi) is 8.56. The van der Waals surface area contributed by atoms with Crippen molar-refractivity contribution in [2.75, 3.05) is 7.05 Å². The first kappa shape index (κ1) is 23.6. The second kappa shape index (κ2) is 10.2. The van der Waals surface area contributed by atoms with Gasteiger partial charge in [0.2, 0.25) is 11.8 Å². The maximum Gasteiger partial charge on any atom is 0.269 e. The van der Waals surface area contributed by atoms with Crippen molar-refractivity contribution in [1.29, 1.82) is 0 Å². The molecular formula is C20H32N4O4. The predicted octanol–water partition coefficient (Wildman–Crippen LogP) is 2.17. The average molecular weight is 393 g/mol. The van der Waals surface area contributed by atoms with E-state index in [0.29, 0.717) is 12.3 Å². The number of nitrogens with zero attached hydrogens (tertiary/aromatic N) is 1. The van der Waals surface area contributed by atoms with Crippen molar-refractivity contribution in [3.05, 3.63) is 39.9 Å². The lowest BCUT2D eigenvalue weighted by atomic mass is 10.00. The number of amides is 2. The van der Waals surface area contributed by atoms with Gasteiger partial charge in [0, 0.05) is 24.1 Å². The van der Waals surface area contributed by atoms with E-state index >= 15 is 0 Å². The van der Waals surface area contributed by atoms with Crippen LogP contribution in [0.25, 0.3) is 0 Å². The van der Waals surface area contributed by atoms with Crippen molar-refractivity contribution in [3.63, 3.8) is 0 Å². The Morgan fingerprint density at radius 1 is 1.07 bits per heavy atom. The van der Waals surface area contributed by atoms with Crippen molar-refractivity contribution in [3.8, 4) is 0 Å². The number of hydrogen-bond donors (Lipinski definition) is 3. The van der Waals surface area contributed by atoms with Gasteiger partial charge in [-0.15, -0.1) is 0 Å². The molecule has 0 aromatic heterocycles. The zero-order valence-corrected chi connectivity index (χ0v) is 17.5. The average Bonchev–Trinajstić information content (AvgIpc) is 2.57. The molecule has 2 atom stereocenters. The van der Waals surface area contributed by atoms with Crippen molar-refractivity contribution in [2.45, 2.75) is 65.1 Å². The minimum absolute atomic E-state index is 0.0179. The van der Waals surface area contributed by atoms with Gasteiger partial charge < -0.3 is 16.0 Å². The first-order valence-electron chi connectivity index (χ1n) is 9.46. The highest BCUT2D eigenvalue weighted by Gasteiger charge is 2.27. The summed E-state index contributed by atoms with van der Waals surface area (Å²) in [6.45, 7) is 9.65. The summed E-state index contributed by atoms with van der Waals surface area (Å²) in [4.78, 5) is 35.8. The van der Waals surface area contributed by atoms with Crippen LogP contribution in [0.15, 0.2) is 24.3 Å². The smallest absolute Gasteiger partial charge is 0.269 e. The standard InChI is InChI=1S/C20H32N4O4/c1-13(2)11-16(21-6)18(25)22-17(19(26)23-20(3,4)5)12-14-7-9-15(10-8-14)24(27)28/h7-10,13,16-17,21H,11-12H2,1-6H3,(H,22,25)(H,23,26)/t16-,17+/m0/s1. The Morgan fingerprint density at radius 3 is 2.07 bits per heavy atom. The number of rotatable bonds is 9. The van der Waals surface area contributed by atoms with Gasteiger partial charge in [0.1, 0.15) is 6.04 Å². The normalized spacial score (nSPS) is 13.7. The number of non-ortho nitro benzene ring substituents is 1. The van der Waals surface area contributed by atoms with Gasteiger partial charge in [0.25, 0.3) is 5.69 Å². The quantitative estimate of drug-likeness (QED) is 0.440. The molecule has 0 aliphatic rings. The molecule has 0 aliphatic heterocycles. The summed E-state index contributed by atoms with van der Waals surface area (Å²) in [5.41, 5.74) is 0.260. The van der Waals surface area contributed by atoms with Gasteiger partial charge in [-0.2, -0.15) is 0 Å². The third-order valence-corrected chi connectivity index (χ3v) is 4.09. The van der Waals surface area contributed by atoms with Crippen molar-refractivity contribution >= 4 is 17.5 Å². The molecule has 0 aliphatic carbocycles. The highest BCUT2D eigenvalue weighted by atomic mass is 16.6. The predicted molar refractivity (Wildman–Crippen MR) is 109 cm³/mol. The van der Waals surface area contributed by atoms with Crippen LogP contribution in [0.1, 0.15) is 46.6 Å². The summed E-state index contributed by atoms with van der Waals surface area (Å²) in [7, 11) is 1.72. The first-order valence-corrected chi connectivity index (χ1v) is 9.46. The Hall–Kier alpha value is -2.48. The SMILES string of the molecule is CN[C@@H](CC(C)C)C(=O)N[C@H](Cc1ccc([N+](=O)[O-])cc1)C(=O)NC(C)(C)C. The third-order valence-electron chi connectivity index (χ3n) is 4.09. The van der Waals surface area contributed by atoms with Crippen LogP contribution in [-0.4, -0.2) is 41.4 Å². The maximum atomic E-state index is 12.8. The number of nitro groups is 1. The Labute approximate surface area is 166 Å². The molecule has 2 amide bonds. The molecule has 0 radical (unpaired) electrons. The van der Waals surface area contributed by atoms with Gasteiger partial charge in [0.05, 0.1) is 11.0 Å². The summed E-state index contributed by atoms with van der Waals surface area (Å²) in [6.07, 6.45) is 0.886. The van der Waals surface area contributed by atoms with E-state index < -0.39 is 22.5 Å². The molecule has 1 rings (SSSR count). The molecule has 0 bridgehead atoms. The molecule has 1 aromatic rings. The number of nitro benzene ring substituents is 1. The van der Waals surface area contributed by atoms with Crippen LogP contribution in [0.4, 0.5) is 5.69 Å². The molecule has 8 nitrogen and oxygen atoms in total. The summed E-state index contributed by atoms with van der Waals surface area (Å²) < 4.78 is 0. The zero-order chi connectivity index (χ0) is 21.5. The molecule has 156 valence electrons. The fourth-order valence-electron chi connectivity index (χ4n) is 2.76. The molecule has 8 heteroatoms. The minimum Gasteiger partial charge on any atom is -0.350 e. The molecule has 3 N–H and O–H groups in total. The molecule has 0 fully saturated rings. The lowest BCUT2D eigenvalue weighted by molar-refractivity contribution is -0.384. The van der Waals surface area contributed by atoms with Crippen molar-refractivity contribution in [2.24, 2.45) is 5.92 Å². The molecule has 0 spiro atoms. The molecule has 1 aromatic carbocycles. The van der Waals surface area contributed by atoms with Crippen LogP contribution in [-0.2, 0) is 16.0 Å². The number of nitrogens with one attached hydrogen (secondary N) is 3. The monoisotopic (exact) mass is 392 g/mol. The van der Waals surface area contributed by atoms with Crippen molar-refractivity contribution < 1.29 is 14.5 Å². The van der Waals surface area contributed by atoms with E-state index in [1.165, 1.54) is 12.1 Å². The van der Waals surface area contributed by atoms with Crippen molar-refractivity contribution in [1.82, 2.24) is 16.0 Å². The van der Waals surface area contributed by atoms with Gasteiger partial charge in [-0.1, -0.05) is 26.0 Å². The molecule has 0 saturated heterocycles. The fourth-order valence-corrected chi connectivity index (χ4v) is 2.76. The third kappa shape index (κ3) is 8.04. The molecular weight excluding hydrogens is 360 g/mol. The second-order valence-electron chi connectivity index (χ2n) is 8.40. The highest BCUT2D eigenvalue weighted by molar-refractivity contribution is 5.90. The van der Waals surface area contributed by atoms with Gasteiger partial charge in [-0.25, -0.2) is 0 Å². The lowest BCUT2D eigenvalue weighted by Gasteiger charge is -2.27. The van der Waals surface area contributed by atoms with Crippen LogP contribution in [0.2, 0.25) is 0 Å². The number of benzene rings is 1. The molecule has 0 unspecified atom stereocenters. The number of likely N-dealkylation sites (N-methyl/N-ethyl adjacent to an activating group) is 1. The molecule has 0 heterocycles. The van der Waals surface area contributed by atoms with E-state index in [0.717, 1.165) is 5.56 Å². The van der Waals surface area contributed by atoms with Crippen LogP contribution in [0.5, 0.6) is 0 Å². The maximum absolute atomic E-state index is 12.8. The minimum atomic E-state index is -0.781. The van der Waals surface area contributed by atoms with E-state index in [4.69, 9.17) is 0 Å². The fraction of sp³-hybridized carbons (Fsp3) is 0.600. The van der Waals surface area contributed by atoms with E-state index in [1.807, 2.05) is 34.6 Å². The summed E-state index contributed by atoms with van der Waals surface area (Å²) >= 11 is 0. The number of carbonyl (C=O) groups is 2. The zero-order valence-electron chi connectivity index (χ0n) is 17.5. The summed E-state index contributed by atoms with van der Waals surface area (Å²) in [6, 6.07) is 4.81. The Morgan fingerprint density at radius 2 is 1.64 bits per heavy atom. The van der Waals surface area contributed by atoms with E-state index in [9.17, 15) is 19.7 Å². The number of hydrogen-bond acceptors (Lipinski definition) is 5. The van der Waals surface area contributed by atoms with Crippen LogP contribution in [0.3, 0.4) is 0 Å². The van der Waals surface area contributed by atoms with Crippen LogP contribution >= 0.6 is 0 Å². The second-order valence-corrected chi connectivity index (χ2v) is 8.40. The van der Waals surface area contributed by atoms with Gasteiger partial charge in [-0.05, 0) is 45.7 Å². The van der Waals surface area contributed by atoms with E-state index in [1.54, 1.807) is 19.2 Å². The Bertz CT molecular complexity index is 680.